The Labute approximate surface area is 143 Å². The Balaban J connectivity index is 1.48. The third kappa shape index (κ3) is 3.96. The molecule has 1 aromatic rings. The van der Waals surface area contributed by atoms with E-state index in [4.69, 9.17) is 0 Å². The zero-order chi connectivity index (χ0) is 16.9. The summed E-state index contributed by atoms with van der Waals surface area (Å²) in [7, 11) is 0. The van der Waals surface area contributed by atoms with E-state index in [2.05, 4.69) is 16.4 Å². The number of piperidine rings is 1. The maximum absolute atomic E-state index is 13.0. The fourth-order valence-corrected chi connectivity index (χ4v) is 3.64. The van der Waals surface area contributed by atoms with Gasteiger partial charge in [0.25, 0.3) is 0 Å². The highest BCUT2D eigenvalue weighted by Crippen LogP contribution is 2.22. The van der Waals surface area contributed by atoms with E-state index in [1.807, 2.05) is 23.1 Å². The summed E-state index contributed by atoms with van der Waals surface area (Å²) in [4.78, 5) is 19.3. The molecule has 2 heterocycles. The normalized spacial score (nSPS) is 20.2. The zero-order valence-electron chi connectivity index (χ0n) is 14.2. The van der Waals surface area contributed by atoms with Crippen molar-refractivity contribution in [2.24, 2.45) is 5.92 Å². The van der Waals surface area contributed by atoms with Crippen molar-refractivity contribution in [1.29, 1.82) is 0 Å². The molecular weight excluding hydrogens is 305 g/mol. The fraction of sp³-hybridized carbons (Fsp3) is 0.526. The number of carbonyl (C=O) groups excluding carboxylic acids is 1. The first-order chi connectivity index (χ1) is 11.7. The summed E-state index contributed by atoms with van der Waals surface area (Å²) in [6.45, 7) is 9.79. The van der Waals surface area contributed by atoms with Crippen molar-refractivity contribution in [3.8, 4) is 0 Å². The van der Waals surface area contributed by atoms with E-state index in [1.54, 1.807) is 0 Å². The van der Waals surface area contributed by atoms with Gasteiger partial charge in [0.15, 0.2) is 0 Å². The van der Waals surface area contributed by atoms with E-state index in [9.17, 15) is 9.18 Å². The van der Waals surface area contributed by atoms with Crippen LogP contribution in [-0.4, -0.2) is 61.5 Å². The second-order valence-corrected chi connectivity index (χ2v) is 6.65. The van der Waals surface area contributed by atoms with Gasteiger partial charge in [-0.3, -0.25) is 9.69 Å². The van der Waals surface area contributed by atoms with Gasteiger partial charge >= 0.3 is 0 Å². The number of rotatable bonds is 4. The van der Waals surface area contributed by atoms with Gasteiger partial charge in [-0.15, -0.1) is 6.58 Å². The van der Waals surface area contributed by atoms with Gasteiger partial charge in [-0.1, -0.05) is 6.08 Å². The van der Waals surface area contributed by atoms with Gasteiger partial charge in [-0.25, -0.2) is 4.39 Å². The summed E-state index contributed by atoms with van der Waals surface area (Å²) in [6.07, 6.45) is 3.83. The standard InChI is InChI=1S/C19H26FN3O/c1-2-9-21-10-7-16(8-11-21)19(24)23-14-12-22(13-15-23)18-5-3-17(20)4-6-18/h2-6,16H,1,7-15H2. The predicted molar refractivity (Wildman–Crippen MR) is 94.6 cm³/mol. The molecule has 0 atom stereocenters. The molecule has 2 saturated heterocycles. The molecular formula is C19H26FN3O. The number of benzene rings is 1. The van der Waals surface area contributed by atoms with Crippen LogP contribution in [0.4, 0.5) is 10.1 Å². The van der Waals surface area contributed by atoms with Crippen LogP contribution in [-0.2, 0) is 4.79 Å². The molecule has 2 fully saturated rings. The monoisotopic (exact) mass is 331 g/mol. The van der Waals surface area contributed by atoms with Crippen molar-refractivity contribution in [1.82, 2.24) is 9.80 Å². The number of nitrogens with zero attached hydrogens (tertiary/aromatic N) is 3. The summed E-state index contributed by atoms with van der Waals surface area (Å²) in [5, 5.41) is 0. The van der Waals surface area contributed by atoms with E-state index in [0.29, 0.717) is 5.91 Å². The average Bonchev–Trinajstić information content (AvgIpc) is 2.63. The molecule has 0 N–H and O–H groups in total. The number of anilines is 1. The maximum Gasteiger partial charge on any atom is 0.225 e. The lowest BCUT2D eigenvalue weighted by Gasteiger charge is -2.39. The predicted octanol–water partition coefficient (Wildman–Crippen LogP) is 2.37. The number of amides is 1. The molecule has 5 heteroatoms. The van der Waals surface area contributed by atoms with Crippen LogP contribution in [0, 0.1) is 11.7 Å². The molecule has 2 aliphatic heterocycles. The van der Waals surface area contributed by atoms with Crippen LogP contribution in [0.5, 0.6) is 0 Å². The first-order valence-corrected chi connectivity index (χ1v) is 8.80. The highest BCUT2D eigenvalue weighted by molar-refractivity contribution is 5.79. The lowest BCUT2D eigenvalue weighted by Crippen LogP contribution is -2.51. The Morgan fingerprint density at radius 2 is 1.71 bits per heavy atom. The number of hydrogen-bond acceptors (Lipinski definition) is 3. The number of halogens is 1. The lowest BCUT2D eigenvalue weighted by molar-refractivity contribution is -0.137. The van der Waals surface area contributed by atoms with Crippen molar-refractivity contribution in [2.45, 2.75) is 12.8 Å². The minimum absolute atomic E-state index is 0.170. The zero-order valence-corrected chi connectivity index (χ0v) is 14.2. The molecule has 1 amide bonds. The van der Waals surface area contributed by atoms with Crippen molar-refractivity contribution in [3.05, 3.63) is 42.7 Å². The molecule has 0 radical (unpaired) electrons. The van der Waals surface area contributed by atoms with Crippen LogP contribution in [0.15, 0.2) is 36.9 Å². The summed E-state index contributed by atoms with van der Waals surface area (Å²) >= 11 is 0. The van der Waals surface area contributed by atoms with Gasteiger partial charge in [-0.2, -0.15) is 0 Å². The van der Waals surface area contributed by atoms with E-state index in [1.165, 1.54) is 12.1 Å². The van der Waals surface area contributed by atoms with E-state index in [-0.39, 0.29) is 11.7 Å². The van der Waals surface area contributed by atoms with Crippen LogP contribution in [0.2, 0.25) is 0 Å². The van der Waals surface area contributed by atoms with Crippen molar-refractivity contribution in [2.75, 3.05) is 50.7 Å². The first kappa shape index (κ1) is 17.0. The van der Waals surface area contributed by atoms with Gasteiger partial charge in [0.2, 0.25) is 5.91 Å². The van der Waals surface area contributed by atoms with Gasteiger partial charge in [-0.05, 0) is 50.2 Å². The van der Waals surface area contributed by atoms with Crippen LogP contribution >= 0.6 is 0 Å². The number of piperazine rings is 1. The highest BCUT2D eigenvalue weighted by Gasteiger charge is 2.30. The topological polar surface area (TPSA) is 26.8 Å². The molecule has 130 valence electrons. The Morgan fingerprint density at radius 3 is 2.29 bits per heavy atom. The molecule has 2 aliphatic rings. The van der Waals surface area contributed by atoms with Crippen LogP contribution in [0.3, 0.4) is 0 Å². The molecule has 0 bridgehead atoms. The average molecular weight is 331 g/mol. The van der Waals surface area contributed by atoms with Gasteiger partial charge in [0, 0.05) is 44.3 Å². The molecule has 1 aromatic carbocycles. The molecule has 24 heavy (non-hydrogen) atoms. The van der Waals surface area contributed by atoms with Crippen molar-refractivity contribution < 1.29 is 9.18 Å². The quantitative estimate of drug-likeness (QED) is 0.793. The number of carbonyl (C=O) groups is 1. The Morgan fingerprint density at radius 1 is 1.08 bits per heavy atom. The fourth-order valence-electron chi connectivity index (χ4n) is 3.64. The third-order valence-electron chi connectivity index (χ3n) is 5.11. The minimum Gasteiger partial charge on any atom is -0.368 e. The Hall–Kier alpha value is -1.88. The number of hydrogen-bond donors (Lipinski definition) is 0. The minimum atomic E-state index is -0.213. The van der Waals surface area contributed by atoms with E-state index in [0.717, 1.165) is 64.3 Å². The lowest BCUT2D eigenvalue weighted by atomic mass is 9.95. The second-order valence-electron chi connectivity index (χ2n) is 6.65. The van der Waals surface area contributed by atoms with Crippen molar-refractivity contribution >= 4 is 11.6 Å². The first-order valence-electron chi connectivity index (χ1n) is 8.80. The van der Waals surface area contributed by atoms with Gasteiger partial charge in [0.05, 0.1) is 0 Å². The molecule has 0 spiro atoms. The third-order valence-corrected chi connectivity index (χ3v) is 5.11. The Bertz CT molecular complexity index is 558. The highest BCUT2D eigenvalue weighted by atomic mass is 19.1. The smallest absolute Gasteiger partial charge is 0.225 e. The van der Waals surface area contributed by atoms with Crippen molar-refractivity contribution in [3.63, 3.8) is 0 Å². The van der Waals surface area contributed by atoms with E-state index >= 15 is 0 Å². The number of likely N-dealkylation sites (tertiary alicyclic amines) is 1. The summed E-state index contributed by atoms with van der Waals surface area (Å²) in [5.41, 5.74) is 1.03. The maximum atomic E-state index is 13.0. The second kappa shape index (κ2) is 7.79. The molecule has 0 unspecified atom stereocenters. The van der Waals surface area contributed by atoms with Gasteiger partial charge in [0.1, 0.15) is 5.82 Å². The van der Waals surface area contributed by atoms with Crippen LogP contribution in [0.1, 0.15) is 12.8 Å². The largest absolute Gasteiger partial charge is 0.368 e. The van der Waals surface area contributed by atoms with Gasteiger partial charge < -0.3 is 9.80 Å². The summed E-state index contributed by atoms with van der Waals surface area (Å²) in [5.74, 6) is 0.269. The van der Waals surface area contributed by atoms with E-state index < -0.39 is 0 Å². The molecule has 3 rings (SSSR count). The SMILES string of the molecule is C=CCN1CCC(C(=O)N2CCN(c3ccc(F)cc3)CC2)CC1. The summed E-state index contributed by atoms with van der Waals surface area (Å²) < 4.78 is 13.0. The molecule has 0 aromatic heterocycles. The summed E-state index contributed by atoms with van der Waals surface area (Å²) in [6, 6.07) is 6.60. The van der Waals surface area contributed by atoms with Crippen LogP contribution < -0.4 is 4.90 Å². The van der Waals surface area contributed by atoms with Crippen LogP contribution in [0.25, 0.3) is 0 Å². The Kier molecular flexibility index (Phi) is 5.51. The molecule has 4 nitrogen and oxygen atoms in total. The molecule has 0 saturated carbocycles. The molecule has 0 aliphatic carbocycles.